The van der Waals surface area contributed by atoms with Gasteiger partial charge in [0.2, 0.25) is 0 Å². The molecule has 0 heteroatoms. The third-order valence-corrected chi connectivity index (χ3v) is 4.81. The molecular formula is C15H28. The quantitative estimate of drug-likeness (QED) is 0.569. The van der Waals surface area contributed by atoms with Crippen molar-refractivity contribution in [3.8, 4) is 0 Å². The van der Waals surface area contributed by atoms with E-state index in [1.165, 1.54) is 31.3 Å². The first kappa shape index (κ1) is 12.8. The highest BCUT2D eigenvalue weighted by atomic mass is 14.4. The lowest BCUT2D eigenvalue weighted by molar-refractivity contribution is 0.0516. The van der Waals surface area contributed by atoms with Gasteiger partial charge in [0.15, 0.2) is 0 Å². The van der Waals surface area contributed by atoms with Gasteiger partial charge in [-0.3, -0.25) is 0 Å². The summed E-state index contributed by atoms with van der Waals surface area (Å²) < 4.78 is 0. The molecule has 0 heterocycles. The predicted molar refractivity (Wildman–Crippen MR) is 68.9 cm³/mol. The van der Waals surface area contributed by atoms with E-state index >= 15 is 0 Å². The minimum Gasteiger partial charge on any atom is -0.0999 e. The molecule has 1 rings (SSSR count). The van der Waals surface area contributed by atoms with E-state index in [1.807, 2.05) is 0 Å². The standard InChI is InChI=1S/C15H28/c1-7-15(6)9-8-13(11(2)3)10-14(15)12(4)5/h12-14H,2,7-10H2,1,3-6H3. The molecular weight excluding hydrogens is 180 g/mol. The normalized spacial score (nSPS) is 36.9. The lowest BCUT2D eigenvalue weighted by Crippen LogP contribution is -2.37. The van der Waals surface area contributed by atoms with Gasteiger partial charge < -0.3 is 0 Å². The summed E-state index contributed by atoms with van der Waals surface area (Å²) in [7, 11) is 0. The third-order valence-electron chi connectivity index (χ3n) is 4.81. The van der Waals surface area contributed by atoms with Crippen LogP contribution in [0.3, 0.4) is 0 Å². The fourth-order valence-corrected chi connectivity index (χ4v) is 3.36. The Labute approximate surface area is 96.2 Å². The number of allylic oxidation sites excluding steroid dienone is 1. The van der Waals surface area contributed by atoms with Crippen molar-refractivity contribution in [1.82, 2.24) is 0 Å². The Morgan fingerprint density at radius 2 is 2.07 bits per heavy atom. The highest BCUT2D eigenvalue weighted by molar-refractivity contribution is 5.02. The lowest BCUT2D eigenvalue weighted by atomic mass is 9.59. The predicted octanol–water partition coefficient (Wildman–Crippen LogP) is 5.05. The van der Waals surface area contributed by atoms with Gasteiger partial charge in [0, 0.05) is 0 Å². The highest BCUT2D eigenvalue weighted by Gasteiger charge is 2.39. The molecule has 0 aromatic rings. The van der Waals surface area contributed by atoms with Crippen LogP contribution in [0.2, 0.25) is 0 Å². The monoisotopic (exact) mass is 208 g/mol. The maximum Gasteiger partial charge on any atom is -0.0206 e. The first-order valence-electron chi connectivity index (χ1n) is 6.56. The van der Waals surface area contributed by atoms with Gasteiger partial charge in [-0.2, -0.15) is 0 Å². The molecule has 0 bridgehead atoms. The maximum atomic E-state index is 4.15. The Balaban J connectivity index is 2.78. The third kappa shape index (κ3) is 2.65. The molecule has 1 fully saturated rings. The molecule has 1 saturated carbocycles. The van der Waals surface area contributed by atoms with Crippen molar-refractivity contribution >= 4 is 0 Å². The van der Waals surface area contributed by atoms with E-state index in [4.69, 9.17) is 0 Å². The van der Waals surface area contributed by atoms with Gasteiger partial charge in [0.1, 0.15) is 0 Å². The smallest absolute Gasteiger partial charge is 0.0206 e. The minimum absolute atomic E-state index is 0.583. The Kier molecular flexibility index (Phi) is 4.03. The van der Waals surface area contributed by atoms with Crippen molar-refractivity contribution in [2.75, 3.05) is 0 Å². The average molecular weight is 208 g/mol. The second-order valence-corrected chi connectivity index (χ2v) is 6.18. The number of hydrogen-bond acceptors (Lipinski definition) is 0. The van der Waals surface area contributed by atoms with E-state index in [0.717, 1.165) is 17.8 Å². The molecule has 1 aliphatic carbocycles. The van der Waals surface area contributed by atoms with Crippen molar-refractivity contribution in [2.45, 2.75) is 60.3 Å². The van der Waals surface area contributed by atoms with Crippen molar-refractivity contribution in [1.29, 1.82) is 0 Å². The summed E-state index contributed by atoms with van der Waals surface area (Å²) in [5.74, 6) is 2.49. The molecule has 0 aromatic heterocycles. The first-order valence-corrected chi connectivity index (χ1v) is 6.56. The molecule has 0 aromatic carbocycles. The van der Waals surface area contributed by atoms with Crippen molar-refractivity contribution < 1.29 is 0 Å². The van der Waals surface area contributed by atoms with Gasteiger partial charge in [-0.05, 0) is 49.4 Å². The van der Waals surface area contributed by atoms with Gasteiger partial charge in [0.05, 0.1) is 0 Å². The SMILES string of the molecule is C=C(C)C1CCC(C)(CC)C(C(C)C)C1. The maximum absolute atomic E-state index is 4.15. The molecule has 0 spiro atoms. The molecule has 0 nitrogen and oxygen atoms in total. The zero-order chi connectivity index (χ0) is 11.6. The second kappa shape index (κ2) is 4.72. The molecule has 15 heavy (non-hydrogen) atoms. The van der Waals surface area contributed by atoms with Crippen molar-refractivity contribution in [3.05, 3.63) is 12.2 Å². The molecule has 3 unspecified atom stereocenters. The summed E-state index contributed by atoms with van der Waals surface area (Å²) in [6.07, 6.45) is 5.46. The van der Waals surface area contributed by atoms with E-state index in [0.29, 0.717) is 5.41 Å². The first-order chi connectivity index (χ1) is 6.90. The fourth-order valence-electron chi connectivity index (χ4n) is 3.36. The number of hydrogen-bond donors (Lipinski definition) is 0. The van der Waals surface area contributed by atoms with Crippen molar-refractivity contribution in [2.24, 2.45) is 23.2 Å². The van der Waals surface area contributed by atoms with Gasteiger partial charge in [-0.15, -0.1) is 0 Å². The fraction of sp³-hybridized carbons (Fsp3) is 0.867. The second-order valence-electron chi connectivity index (χ2n) is 6.18. The van der Waals surface area contributed by atoms with E-state index < -0.39 is 0 Å². The summed E-state index contributed by atoms with van der Waals surface area (Å²) in [6, 6.07) is 0. The van der Waals surface area contributed by atoms with Gasteiger partial charge in [0.25, 0.3) is 0 Å². The van der Waals surface area contributed by atoms with Crippen LogP contribution in [0, 0.1) is 23.2 Å². The largest absolute Gasteiger partial charge is 0.0999 e. The Hall–Kier alpha value is -0.260. The molecule has 0 amide bonds. The average Bonchev–Trinajstić information content (AvgIpc) is 2.17. The zero-order valence-corrected chi connectivity index (χ0v) is 11.3. The lowest BCUT2D eigenvalue weighted by Gasteiger charge is -2.46. The molecule has 3 atom stereocenters. The van der Waals surface area contributed by atoms with Crippen LogP contribution < -0.4 is 0 Å². The van der Waals surface area contributed by atoms with Crippen LogP contribution >= 0.6 is 0 Å². The summed E-state index contributed by atoms with van der Waals surface area (Å²) in [5, 5.41) is 0. The summed E-state index contributed by atoms with van der Waals surface area (Å²) in [6.45, 7) is 16.0. The van der Waals surface area contributed by atoms with Crippen LogP contribution in [0.4, 0.5) is 0 Å². The Bertz CT molecular complexity index is 226. The highest BCUT2D eigenvalue weighted by Crippen LogP contribution is 2.50. The van der Waals surface area contributed by atoms with E-state index in [1.54, 1.807) is 0 Å². The van der Waals surface area contributed by atoms with Crippen LogP contribution in [0.15, 0.2) is 12.2 Å². The van der Waals surface area contributed by atoms with Crippen LogP contribution in [0.1, 0.15) is 60.3 Å². The molecule has 88 valence electrons. The summed E-state index contributed by atoms with van der Waals surface area (Å²) >= 11 is 0. The van der Waals surface area contributed by atoms with E-state index in [2.05, 4.69) is 41.2 Å². The number of rotatable bonds is 3. The Morgan fingerprint density at radius 1 is 1.47 bits per heavy atom. The van der Waals surface area contributed by atoms with Crippen LogP contribution in [-0.4, -0.2) is 0 Å². The van der Waals surface area contributed by atoms with Crippen LogP contribution in [0.25, 0.3) is 0 Å². The van der Waals surface area contributed by atoms with Gasteiger partial charge in [-0.1, -0.05) is 46.3 Å². The van der Waals surface area contributed by atoms with Crippen LogP contribution in [-0.2, 0) is 0 Å². The van der Waals surface area contributed by atoms with E-state index in [9.17, 15) is 0 Å². The minimum atomic E-state index is 0.583. The molecule has 0 N–H and O–H groups in total. The van der Waals surface area contributed by atoms with Crippen LogP contribution in [0.5, 0.6) is 0 Å². The molecule has 0 saturated heterocycles. The van der Waals surface area contributed by atoms with Crippen molar-refractivity contribution in [3.63, 3.8) is 0 Å². The zero-order valence-electron chi connectivity index (χ0n) is 11.3. The topological polar surface area (TPSA) is 0 Å². The summed E-state index contributed by atoms with van der Waals surface area (Å²) in [5.41, 5.74) is 1.99. The van der Waals surface area contributed by atoms with E-state index in [-0.39, 0.29) is 0 Å². The molecule has 0 aliphatic heterocycles. The van der Waals surface area contributed by atoms with Gasteiger partial charge >= 0.3 is 0 Å². The van der Waals surface area contributed by atoms with Gasteiger partial charge in [-0.25, -0.2) is 0 Å². The Morgan fingerprint density at radius 3 is 2.47 bits per heavy atom. The summed E-state index contributed by atoms with van der Waals surface area (Å²) in [4.78, 5) is 0. The molecule has 1 aliphatic rings. The molecule has 0 radical (unpaired) electrons.